The van der Waals surface area contributed by atoms with E-state index < -0.39 is 19.2 Å². The molecule has 0 bridgehead atoms. The van der Waals surface area contributed by atoms with Crippen LogP contribution in [0.25, 0.3) is 0 Å². The molecule has 1 fully saturated rings. The number of benzene rings is 1. The summed E-state index contributed by atoms with van der Waals surface area (Å²) in [7, 11) is -3.93. The van der Waals surface area contributed by atoms with E-state index in [0.29, 0.717) is 24.8 Å². The summed E-state index contributed by atoms with van der Waals surface area (Å²) in [5, 5.41) is 0. The van der Waals surface area contributed by atoms with E-state index in [-0.39, 0.29) is 24.4 Å². The molecule has 0 atom stereocenters. The normalized spacial score (nSPS) is 19.8. The van der Waals surface area contributed by atoms with Crippen LogP contribution in [0.1, 0.15) is 95.5 Å². The molecule has 0 heterocycles. The van der Waals surface area contributed by atoms with Crippen LogP contribution in [-0.4, -0.2) is 22.6 Å². The van der Waals surface area contributed by atoms with Crippen molar-refractivity contribution in [2.45, 2.75) is 89.9 Å². The van der Waals surface area contributed by atoms with Crippen molar-refractivity contribution in [2.75, 3.05) is 12.8 Å². The zero-order valence-electron chi connectivity index (χ0n) is 18.1. The maximum atomic E-state index is 14.7. The van der Waals surface area contributed by atoms with Crippen LogP contribution in [0.5, 0.6) is 5.75 Å². The third-order valence-corrected chi connectivity index (χ3v) is 7.08. The molecule has 0 aromatic heterocycles. The van der Waals surface area contributed by atoms with Gasteiger partial charge in [-0.2, -0.15) is 4.39 Å². The second-order valence-electron chi connectivity index (χ2n) is 8.65. The number of hydrogen-bond acceptors (Lipinski definition) is 2. The molecule has 1 aliphatic rings. The van der Waals surface area contributed by atoms with Crippen molar-refractivity contribution in [3.05, 3.63) is 29.3 Å². The summed E-state index contributed by atoms with van der Waals surface area (Å²) >= 11 is 0. The number of halogens is 2. The molecule has 2 rings (SSSR count). The van der Waals surface area contributed by atoms with E-state index >= 15 is 0 Å². The Morgan fingerprint density at radius 2 is 1.67 bits per heavy atom. The summed E-state index contributed by atoms with van der Waals surface area (Å²) < 4.78 is 45.3. The fourth-order valence-corrected chi connectivity index (χ4v) is 5.01. The van der Waals surface area contributed by atoms with Crippen LogP contribution in [0.4, 0.5) is 8.78 Å². The van der Waals surface area contributed by atoms with Gasteiger partial charge in [-0.1, -0.05) is 51.5 Å². The maximum absolute atomic E-state index is 14.7. The first-order valence-corrected chi connectivity index (χ1v) is 13.3. The molecule has 0 amide bonds. The SMILES string of the molecule is CCCCCC1CCC(c2ccc(OCCCCCCP(=O)(O)O)c(F)c2F)CC1. The molecular formula is C23H37F2O4P. The summed E-state index contributed by atoms with van der Waals surface area (Å²) in [6.45, 7) is 2.46. The van der Waals surface area contributed by atoms with Gasteiger partial charge in [0.1, 0.15) is 0 Å². The Morgan fingerprint density at radius 3 is 2.33 bits per heavy atom. The van der Waals surface area contributed by atoms with Gasteiger partial charge in [0.25, 0.3) is 0 Å². The Morgan fingerprint density at radius 1 is 0.967 bits per heavy atom. The smallest absolute Gasteiger partial charge is 0.325 e. The van der Waals surface area contributed by atoms with Crippen molar-refractivity contribution in [3.8, 4) is 5.75 Å². The maximum Gasteiger partial charge on any atom is 0.325 e. The predicted octanol–water partition coefficient (Wildman–Crippen LogP) is 6.94. The molecule has 172 valence electrons. The standard InChI is InChI=1S/C23H37F2O4P/c1-2-3-6-9-18-10-12-19(13-11-18)20-14-15-21(23(25)22(20)24)29-16-7-4-5-8-17-30(26,27)28/h14-15,18-19H,2-13,16-17H2,1H3,(H2,26,27,28). The summed E-state index contributed by atoms with van der Waals surface area (Å²) in [5.74, 6) is -0.919. The second kappa shape index (κ2) is 12.8. The summed E-state index contributed by atoms with van der Waals surface area (Å²) in [4.78, 5) is 17.6. The Hall–Kier alpha value is -0.970. The largest absolute Gasteiger partial charge is 0.490 e. The van der Waals surface area contributed by atoms with Gasteiger partial charge in [-0.05, 0) is 62.0 Å². The Bertz CT molecular complexity index is 684. The van der Waals surface area contributed by atoms with E-state index in [1.807, 2.05) is 0 Å². The first-order chi connectivity index (χ1) is 14.3. The average Bonchev–Trinajstić information content (AvgIpc) is 2.70. The van der Waals surface area contributed by atoms with E-state index in [1.54, 1.807) is 6.07 Å². The van der Waals surface area contributed by atoms with E-state index in [1.165, 1.54) is 31.7 Å². The van der Waals surface area contributed by atoms with Crippen LogP contribution in [0.15, 0.2) is 12.1 Å². The van der Waals surface area contributed by atoms with Crippen LogP contribution < -0.4 is 4.74 Å². The van der Waals surface area contributed by atoms with Gasteiger partial charge in [-0.15, -0.1) is 0 Å². The van der Waals surface area contributed by atoms with E-state index in [4.69, 9.17) is 14.5 Å². The lowest BCUT2D eigenvalue weighted by Gasteiger charge is -2.29. The third kappa shape index (κ3) is 8.64. The molecule has 0 saturated heterocycles. The van der Waals surface area contributed by atoms with Gasteiger partial charge >= 0.3 is 7.60 Å². The number of unbranched alkanes of at least 4 members (excludes halogenated alkanes) is 5. The van der Waals surface area contributed by atoms with Crippen molar-refractivity contribution >= 4 is 7.60 Å². The molecule has 7 heteroatoms. The van der Waals surface area contributed by atoms with Gasteiger partial charge in [0.05, 0.1) is 6.61 Å². The van der Waals surface area contributed by atoms with Crippen LogP contribution in [0, 0.1) is 17.6 Å². The molecule has 0 aliphatic heterocycles. The van der Waals surface area contributed by atoms with Gasteiger partial charge in [0.15, 0.2) is 11.6 Å². The van der Waals surface area contributed by atoms with Gasteiger partial charge in [0, 0.05) is 6.16 Å². The molecule has 1 aliphatic carbocycles. The predicted molar refractivity (Wildman–Crippen MR) is 116 cm³/mol. The topological polar surface area (TPSA) is 66.8 Å². The quantitative estimate of drug-likeness (QED) is 0.254. The molecule has 0 spiro atoms. The van der Waals surface area contributed by atoms with Crippen molar-refractivity contribution in [3.63, 3.8) is 0 Å². The number of hydrogen-bond donors (Lipinski definition) is 2. The number of rotatable bonds is 13. The average molecular weight is 447 g/mol. The Labute approximate surface area is 179 Å². The van der Waals surface area contributed by atoms with Crippen molar-refractivity contribution in [2.24, 2.45) is 5.92 Å². The lowest BCUT2D eigenvalue weighted by atomic mass is 9.77. The highest BCUT2D eigenvalue weighted by molar-refractivity contribution is 7.51. The van der Waals surface area contributed by atoms with Crippen molar-refractivity contribution in [1.29, 1.82) is 0 Å². The monoisotopic (exact) mass is 446 g/mol. The van der Waals surface area contributed by atoms with Crippen LogP contribution in [0.3, 0.4) is 0 Å². The fraction of sp³-hybridized carbons (Fsp3) is 0.739. The number of ether oxygens (including phenoxy) is 1. The molecule has 0 unspecified atom stereocenters. The molecule has 1 aromatic carbocycles. The lowest BCUT2D eigenvalue weighted by Crippen LogP contribution is -2.15. The first-order valence-electron chi connectivity index (χ1n) is 11.5. The molecule has 1 saturated carbocycles. The van der Waals surface area contributed by atoms with E-state index in [9.17, 15) is 13.3 Å². The highest BCUT2D eigenvalue weighted by Crippen LogP contribution is 2.40. The molecule has 2 N–H and O–H groups in total. The van der Waals surface area contributed by atoms with Crippen LogP contribution in [-0.2, 0) is 4.57 Å². The third-order valence-electron chi connectivity index (χ3n) is 6.18. The Kier molecular flexibility index (Phi) is 10.8. The second-order valence-corrected chi connectivity index (χ2v) is 10.4. The highest BCUT2D eigenvalue weighted by atomic mass is 31.2. The highest BCUT2D eigenvalue weighted by Gasteiger charge is 2.26. The van der Waals surface area contributed by atoms with Gasteiger partial charge in [-0.3, -0.25) is 4.57 Å². The molecule has 30 heavy (non-hydrogen) atoms. The van der Waals surface area contributed by atoms with Crippen molar-refractivity contribution in [1.82, 2.24) is 0 Å². The summed E-state index contributed by atoms with van der Waals surface area (Å²) in [6.07, 6.45) is 11.4. The molecule has 0 radical (unpaired) electrons. The van der Waals surface area contributed by atoms with E-state index in [0.717, 1.165) is 38.0 Å². The fourth-order valence-electron chi connectivity index (χ4n) is 4.37. The zero-order chi connectivity index (χ0) is 22.0. The minimum Gasteiger partial charge on any atom is -0.490 e. The van der Waals surface area contributed by atoms with Gasteiger partial charge in [-0.25, -0.2) is 4.39 Å². The van der Waals surface area contributed by atoms with Gasteiger partial charge in [0.2, 0.25) is 5.82 Å². The lowest BCUT2D eigenvalue weighted by molar-refractivity contribution is 0.279. The molecular weight excluding hydrogens is 409 g/mol. The minimum absolute atomic E-state index is 0.0558. The van der Waals surface area contributed by atoms with Crippen molar-refractivity contribution < 1.29 is 27.9 Å². The first kappa shape index (κ1) is 25.3. The summed E-state index contributed by atoms with van der Waals surface area (Å²) in [5.41, 5.74) is 0.476. The summed E-state index contributed by atoms with van der Waals surface area (Å²) in [6, 6.07) is 3.21. The Balaban J connectivity index is 1.75. The molecule has 1 aromatic rings. The zero-order valence-corrected chi connectivity index (χ0v) is 19.0. The van der Waals surface area contributed by atoms with Crippen LogP contribution in [0.2, 0.25) is 0 Å². The van der Waals surface area contributed by atoms with Crippen LogP contribution >= 0.6 is 7.60 Å². The van der Waals surface area contributed by atoms with Gasteiger partial charge < -0.3 is 14.5 Å². The van der Waals surface area contributed by atoms with E-state index in [2.05, 4.69) is 6.92 Å². The minimum atomic E-state index is -3.93. The molecule has 4 nitrogen and oxygen atoms in total.